The highest BCUT2D eigenvalue weighted by atomic mass is 79.9. The van der Waals surface area contributed by atoms with Crippen molar-refractivity contribution in [3.05, 3.63) is 45.2 Å². The summed E-state index contributed by atoms with van der Waals surface area (Å²) in [7, 11) is 0. The van der Waals surface area contributed by atoms with Crippen molar-refractivity contribution in [2.75, 3.05) is 0 Å². The third kappa shape index (κ3) is 3.06. The van der Waals surface area contributed by atoms with E-state index in [-0.39, 0.29) is 0 Å². The van der Waals surface area contributed by atoms with E-state index in [1.807, 2.05) is 31.2 Å². The van der Waals surface area contributed by atoms with Crippen molar-refractivity contribution in [2.24, 2.45) is 0 Å². The molecule has 0 atom stereocenters. The second kappa shape index (κ2) is 5.29. The molecule has 2 nitrogen and oxygen atoms in total. The van der Waals surface area contributed by atoms with Gasteiger partial charge in [0.1, 0.15) is 15.5 Å². The molecule has 0 radical (unpaired) electrons. The van der Waals surface area contributed by atoms with Crippen LogP contribution in [0, 0.1) is 6.92 Å². The predicted octanol–water partition coefficient (Wildman–Crippen LogP) is 4.46. The Labute approximate surface area is 115 Å². The zero-order valence-electron chi connectivity index (χ0n) is 8.45. The molecule has 0 N–H and O–H groups in total. The zero-order chi connectivity index (χ0) is 11.5. The van der Waals surface area contributed by atoms with Crippen molar-refractivity contribution in [3.8, 4) is 0 Å². The molecule has 0 saturated carbocycles. The van der Waals surface area contributed by atoms with Gasteiger partial charge < -0.3 is 0 Å². The van der Waals surface area contributed by atoms with Crippen LogP contribution in [0.15, 0.2) is 49.3 Å². The molecular weight excluding hydrogens is 352 g/mol. The molecule has 1 aromatic heterocycles. The summed E-state index contributed by atoms with van der Waals surface area (Å²) in [5.41, 5.74) is 0. The van der Waals surface area contributed by atoms with Gasteiger partial charge in [-0.1, -0.05) is 23.9 Å². The molecule has 2 rings (SSSR count). The summed E-state index contributed by atoms with van der Waals surface area (Å²) in [5, 5.41) is 0.936. The maximum Gasteiger partial charge on any atom is 0.127 e. The minimum absolute atomic E-state index is 0.768. The van der Waals surface area contributed by atoms with E-state index in [0.29, 0.717) is 0 Å². The first-order chi connectivity index (χ1) is 7.65. The standard InChI is InChI=1S/C11H8Br2N2S/c1-7-14-10(13)6-11(15-7)16-9-5-3-2-4-8(9)12/h2-6H,1H3. The maximum absolute atomic E-state index is 4.37. The maximum atomic E-state index is 4.37. The fourth-order valence-electron chi connectivity index (χ4n) is 1.20. The fraction of sp³-hybridized carbons (Fsp3) is 0.0909. The summed E-state index contributed by atoms with van der Waals surface area (Å²) in [4.78, 5) is 9.70. The predicted molar refractivity (Wildman–Crippen MR) is 72.7 cm³/mol. The van der Waals surface area contributed by atoms with Crippen molar-refractivity contribution < 1.29 is 0 Å². The Morgan fingerprint density at radius 3 is 2.56 bits per heavy atom. The Hall–Kier alpha value is -0.390. The highest BCUT2D eigenvalue weighted by molar-refractivity contribution is 9.10. The van der Waals surface area contributed by atoms with Gasteiger partial charge in [0.2, 0.25) is 0 Å². The molecule has 2 aromatic rings. The van der Waals surface area contributed by atoms with E-state index < -0.39 is 0 Å². The highest BCUT2D eigenvalue weighted by Crippen LogP contribution is 2.32. The number of aryl methyl sites for hydroxylation is 1. The van der Waals surface area contributed by atoms with E-state index in [2.05, 4.69) is 47.9 Å². The topological polar surface area (TPSA) is 25.8 Å². The third-order valence-electron chi connectivity index (χ3n) is 1.83. The molecular formula is C11H8Br2N2S. The summed E-state index contributed by atoms with van der Waals surface area (Å²) in [6, 6.07) is 9.99. The monoisotopic (exact) mass is 358 g/mol. The van der Waals surface area contributed by atoms with E-state index in [4.69, 9.17) is 0 Å². The summed E-state index contributed by atoms with van der Waals surface area (Å²) >= 11 is 8.50. The lowest BCUT2D eigenvalue weighted by Crippen LogP contribution is -1.90. The van der Waals surface area contributed by atoms with Crippen LogP contribution in [-0.4, -0.2) is 9.97 Å². The molecule has 1 heterocycles. The van der Waals surface area contributed by atoms with Crippen LogP contribution >= 0.6 is 43.6 Å². The normalized spacial score (nSPS) is 10.4. The first kappa shape index (κ1) is 12.1. The van der Waals surface area contributed by atoms with Crippen molar-refractivity contribution in [2.45, 2.75) is 16.8 Å². The Kier molecular flexibility index (Phi) is 4.00. The molecule has 0 aliphatic rings. The minimum Gasteiger partial charge on any atom is -0.226 e. The molecule has 0 aliphatic heterocycles. The second-order valence-corrected chi connectivity index (χ2v) is 5.84. The van der Waals surface area contributed by atoms with Crippen LogP contribution in [0.2, 0.25) is 0 Å². The minimum atomic E-state index is 0.768. The van der Waals surface area contributed by atoms with Crippen LogP contribution in [-0.2, 0) is 0 Å². The molecule has 0 bridgehead atoms. The zero-order valence-corrected chi connectivity index (χ0v) is 12.4. The first-order valence-corrected chi connectivity index (χ1v) is 6.99. The Balaban J connectivity index is 2.30. The Morgan fingerprint density at radius 1 is 1.12 bits per heavy atom. The molecule has 0 spiro atoms. The number of rotatable bonds is 2. The van der Waals surface area contributed by atoms with Gasteiger partial charge in [-0.2, -0.15) is 0 Å². The Morgan fingerprint density at radius 2 is 1.88 bits per heavy atom. The smallest absolute Gasteiger partial charge is 0.127 e. The van der Waals surface area contributed by atoms with Crippen molar-refractivity contribution >= 4 is 43.6 Å². The third-order valence-corrected chi connectivity index (χ3v) is 4.19. The number of benzene rings is 1. The molecule has 0 amide bonds. The van der Waals surface area contributed by atoms with E-state index in [9.17, 15) is 0 Å². The van der Waals surface area contributed by atoms with Crippen LogP contribution in [0.25, 0.3) is 0 Å². The SMILES string of the molecule is Cc1nc(Br)cc(Sc2ccccc2Br)n1. The largest absolute Gasteiger partial charge is 0.226 e. The van der Waals surface area contributed by atoms with Crippen LogP contribution < -0.4 is 0 Å². The summed E-state index contributed by atoms with van der Waals surface area (Å²) < 4.78 is 1.89. The van der Waals surface area contributed by atoms with Crippen molar-refractivity contribution in [1.82, 2.24) is 9.97 Å². The van der Waals surface area contributed by atoms with Gasteiger partial charge in [-0.15, -0.1) is 0 Å². The van der Waals surface area contributed by atoms with Gasteiger partial charge in [0, 0.05) is 15.4 Å². The molecule has 1 aromatic carbocycles. The van der Waals surface area contributed by atoms with E-state index in [1.54, 1.807) is 11.8 Å². The van der Waals surface area contributed by atoms with Gasteiger partial charge in [-0.3, -0.25) is 0 Å². The first-order valence-electron chi connectivity index (χ1n) is 4.59. The fourth-order valence-corrected chi connectivity index (χ4v) is 3.24. The van der Waals surface area contributed by atoms with Crippen molar-refractivity contribution in [1.29, 1.82) is 0 Å². The molecule has 0 unspecified atom stereocenters. The van der Waals surface area contributed by atoms with Gasteiger partial charge in [0.05, 0.1) is 0 Å². The van der Waals surface area contributed by atoms with Gasteiger partial charge in [-0.05, 0) is 50.9 Å². The number of hydrogen-bond donors (Lipinski definition) is 0. The average Bonchev–Trinajstić information content (AvgIpc) is 2.20. The van der Waals surface area contributed by atoms with E-state index in [0.717, 1.165) is 24.8 Å². The molecule has 16 heavy (non-hydrogen) atoms. The summed E-state index contributed by atoms with van der Waals surface area (Å²) in [6.07, 6.45) is 0. The second-order valence-electron chi connectivity index (χ2n) is 3.11. The number of halogens is 2. The molecule has 82 valence electrons. The lowest BCUT2D eigenvalue weighted by Gasteiger charge is -2.04. The summed E-state index contributed by atoms with van der Waals surface area (Å²) in [5.74, 6) is 0.768. The molecule has 0 saturated heterocycles. The van der Waals surface area contributed by atoms with Crippen molar-refractivity contribution in [3.63, 3.8) is 0 Å². The van der Waals surface area contributed by atoms with Gasteiger partial charge in [0.25, 0.3) is 0 Å². The Bertz CT molecular complexity index is 497. The number of hydrogen-bond acceptors (Lipinski definition) is 3. The highest BCUT2D eigenvalue weighted by Gasteiger charge is 2.04. The van der Waals surface area contributed by atoms with Gasteiger partial charge in [0.15, 0.2) is 0 Å². The summed E-state index contributed by atoms with van der Waals surface area (Å²) in [6.45, 7) is 1.88. The lowest BCUT2D eigenvalue weighted by atomic mass is 10.4. The van der Waals surface area contributed by atoms with E-state index >= 15 is 0 Å². The lowest BCUT2D eigenvalue weighted by molar-refractivity contribution is 0.951. The average molecular weight is 360 g/mol. The quantitative estimate of drug-likeness (QED) is 0.740. The molecule has 0 aliphatic carbocycles. The number of aromatic nitrogens is 2. The van der Waals surface area contributed by atoms with Gasteiger partial charge in [-0.25, -0.2) is 9.97 Å². The molecule has 0 fully saturated rings. The van der Waals surface area contributed by atoms with Crippen LogP contribution in [0.3, 0.4) is 0 Å². The van der Waals surface area contributed by atoms with Crippen LogP contribution in [0.5, 0.6) is 0 Å². The number of nitrogens with zero attached hydrogens (tertiary/aromatic N) is 2. The van der Waals surface area contributed by atoms with E-state index in [1.165, 1.54) is 0 Å². The molecule has 5 heteroatoms. The van der Waals surface area contributed by atoms with Crippen LogP contribution in [0.4, 0.5) is 0 Å². The van der Waals surface area contributed by atoms with Gasteiger partial charge >= 0.3 is 0 Å². The van der Waals surface area contributed by atoms with Crippen LogP contribution in [0.1, 0.15) is 5.82 Å².